The molecule has 3 amide bonds. The third kappa shape index (κ3) is 2.79. The van der Waals surface area contributed by atoms with Crippen molar-refractivity contribution in [3.63, 3.8) is 0 Å². The Labute approximate surface area is 161 Å². The summed E-state index contributed by atoms with van der Waals surface area (Å²) in [5.41, 5.74) is 2.84. The highest BCUT2D eigenvalue weighted by atomic mass is 79.9. The van der Waals surface area contributed by atoms with Gasteiger partial charge in [-0.3, -0.25) is 19.3 Å². The lowest BCUT2D eigenvalue weighted by Gasteiger charge is -2.19. The average molecular weight is 419 g/mol. The van der Waals surface area contributed by atoms with Crippen molar-refractivity contribution in [2.45, 2.75) is 39.5 Å². The molecular formula is C20H23BrN2O3. The van der Waals surface area contributed by atoms with Crippen LogP contribution < -0.4 is 5.32 Å². The summed E-state index contributed by atoms with van der Waals surface area (Å²) in [6, 6.07) is 3.81. The van der Waals surface area contributed by atoms with Crippen molar-refractivity contribution in [1.82, 2.24) is 4.90 Å². The molecule has 0 aromatic heterocycles. The third-order valence-electron chi connectivity index (χ3n) is 6.30. The van der Waals surface area contributed by atoms with Crippen molar-refractivity contribution < 1.29 is 14.4 Å². The fourth-order valence-corrected chi connectivity index (χ4v) is 5.37. The molecule has 4 rings (SSSR count). The van der Waals surface area contributed by atoms with Crippen molar-refractivity contribution in [2.75, 3.05) is 11.9 Å². The van der Waals surface area contributed by atoms with Crippen LogP contribution in [0.1, 0.15) is 36.8 Å². The standard InChI is InChI=1S/C20H23BrN2O3/c1-10-7-14(8-11(2)18(10)21)22-15(24)5-6-23-19(25)16-12-3-4-13(9-12)17(16)20(23)26/h7-8,12-13,16-17H,3-6,9H2,1-2H3,(H,22,24)/t12-,13-,16-,17+/m1/s1. The number of imide groups is 1. The van der Waals surface area contributed by atoms with Gasteiger partial charge >= 0.3 is 0 Å². The van der Waals surface area contributed by atoms with E-state index >= 15 is 0 Å². The Morgan fingerprint density at radius 2 is 1.65 bits per heavy atom. The van der Waals surface area contributed by atoms with Gasteiger partial charge in [0.25, 0.3) is 0 Å². The molecule has 1 aliphatic heterocycles. The topological polar surface area (TPSA) is 66.5 Å². The van der Waals surface area contributed by atoms with E-state index in [2.05, 4.69) is 21.2 Å². The molecule has 2 saturated carbocycles. The van der Waals surface area contributed by atoms with Crippen LogP contribution in [0.15, 0.2) is 16.6 Å². The summed E-state index contributed by atoms with van der Waals surface area (Å²) in [6.45, 7) is 4.13. The van der Waals surface area contributed by atoms with E-state index in [0.29, 0.717) is 11.8 Å². The van der Waals surface area contributed by atoms with Gasteiger partial charge < -0.3 is 5.32 Å². The van der Waals surface area contributed by atoms with Gasteiger partial charge in [-0.2, -0.15) is 0 Å². The molecule has 138 valence electrons. The van der Waals surface area contributed by atoms with Crippen molar-refractivity contribution in [2.24, 2.45) is 23.7 Å². The summed E-state index contributed by atoms with van der Waals surface area (Å²) in [5, 5.41) is 2.88. The lowest BCUT2D eigenvalue weighted by Crippen LogP contribution is -2.35. The van der Waals surface area contributed by atoms with Gasteiger partial charge in [0.1, 0.15) is 0 Å². The fourth-order valence-electron chi connectivity index (χ4n) is 5.15. The Morgan fingerprint density at radius 1 is 1.12 bits per heavy atom. The number of carbonyl (C=O) groups excluding carboxylic acids is 3. The van der Waals surface area contributed by atoms with Crippen LogP contribution in [-0.2, 0) is 14.4 Å². The quantitative estimate of drug-likeness (QED) is 0.761. The summed E-state index contributed by atoms with van der Waals surface area (Å²) in [4.78, 5) is 39.0. The zero-order chi connectivity index (χ0) is 18.6. The van der Waals surface area contributed by atoms with Crippen molar-refractivity contribution in [3.05, 3.63) is 27.7 Å². The van der Waals surface area contributed by atoms with Crippen LogP contribution in [0.5, 0.6) is 0 Å². The first-order valence-corrected chi connectivity index (χ1v) is 10.1. The predicted octanol–water partition coefficient (Wildman–Crippen LogP) is 3.43. The zero-order valence-electron chi connectivity index (χ0n) is 15.0. The number of nitrogens with zero attached hydrogens (tertiary/aromatic N) is 1. The number of aryl methyl sites for hydroxylation is 2. The normalized spacial score (nSPS) is 29.4. The molecule has 3 aliphatic rings. The van der Waals surface area contributed by atoms with Gasteiger partial charge in [-0.1, -0.05) is 15.9 Å². The van der Waals surface area contributed by atoms with E-state index < -0.39 is 0 Å². The molecule has 5 nitrogen and oxygen atoms in total. The minimum atomic E-state index is -0.174. The van der Waals surface area contributed by atoms with Gasteiger partial charge in [0.05, 0.1) is 11.8 Å². The molecule has 3 fully saturated rings. The number of fused-ring (bicyclic) bond motifs is 5. The number of rotatable bonds is 4. The number of carbonyl (C=O) groups is 3. The summed E-state index contributed by atoms with van der Waals surface area (Å²) < 4.78 is 1.03. The molecule has 4 atom stereocenters. The molecule has 1 saturated heterocycles. The Bertz CT molecular complexity index is 755. The lowest BCUT2D eigenvalue weighted by molar-refractivity contribution is -0.140. The van der Waals surface area contributed by atoms with Crippen LogP contribution in [0.2, 0.25) is 0 Å². The van der Waals surface area contributed by atoms with E-state index in [9.17, 15) is 14.4 Å². The van der Waals surface area contributed by atoms with Gasteiger partial charge in [0, 0.05) is 23.1 Å². The first-order chi connectivity index (χ1) is 12.4. The third-order valence-corrected chi connectivity index (χ3v) is 7.55. The monoisotopic (exact) mass is 418 g/mol. The predicted molar refractivity (Wildman–Crippen MR) is 101 cm³/mol. The maximum atomic E-state index is 12.7. The van der Waals surface area contributed by atoms with E-state index in [1.54, 1.807) is 0 Å². The van der Waals surface area contributed by atoms with E-state index in [-0.39, 0.29) is 42.5 Å². The van der Waals surface area contributed by atoms with Crippen LogP contribution in [0.4, 0.5) is 5.69 Å². The van der Waals surface area contributed by atoms with Crippen LogP contribution in [0, 0.1) is 37.5 Å². The highest BCUT2D eigenvalue weighted by molar-refractivity contribution is 9.10. The summed E-state index contributed by atoms with van der Waals surface area (Å²) >= 11 is 3.51. The van der Waals surface area contributed by atoms with Crippen LogP contribution in [0.3, 0.4) is 0 Å². The van der Waals surface area contributed by atoms with Crippen molar-refractivity contribution in [3.8, 4) is 0 Å². The molecular weight excluding hydrogens is 396 g/mol. The molecule has 1 aromatic rings. The van der Waals surface area contributed by atoms with Gasteiger partial charge in [0.2, 0.25) is 17.7 Å². The van der Waals surface area contributed by atoms with Crippen molar-refractivity contribution in [1.29, 1.82) is 0 Å². The molecule has 0 radical (unpaired) electrons. The minimum absolute atomic E-state index is 0.0460. The van der Waals surface area contributed by atoms with Crippen LogP contribution >= 0.6 is 15.9 Å². The van der Waals surface area contributed by atoms with Crippen molar-refractivity contribution >= 4 is 39.3 Å². The van der Waals surface area contributed by atoms with Gasteiger partial charge in [-0.25, -0.2) is 0 Å². The van der Waals surface area contributed by atoms with Crippen LogP contribution in [-0.4, -0.2) is 29.2 Å². The highest BCUT2D eigenvalue weighted by Gasteiger charge is 2.60. The molecule has 0 unspecified atom stereocenters. The van der Waals surface area contributed by atoms with Gasteiger partial charge in [0.15, 0.2) is 0 Å². The minimum Gasteiger partial charge on any atom is -0.326 e. The molecule has 1 N–H and O–H groups in total. The second-order valence-electron chi connectivity index (χ2n) is 7.94. The zero-order valence-corrected chi connectivity index (χ0v) is 16.6. The summed E-state index contributed by atoms with van der Waals surface area (Å²) in [5.74, 6) is 0.280. The maximum Gasteiger partial charge on any atom is 0.233 e. The second kappa shape index (κ2) is 6.48. The van der Waals surface area contributed by atoms with Gasteiger partial charge in [-0.05, 0) is 68.2 Å². The second-order valence-corrected chi connectivity index (χ2v) is 8.73. The van der Waals surface area contributed by atoms with E-state index in [1.807, 2.05) is 26.0 Å². The molecule has 0 spiro atoms. The van der Waals surface area contributed by atoms with Gasteiger partial charge in [-0.15, -0.1) is 0 Å². The number of halogens is 1. The number of hydrogen-bond acceptors (Lipinski definition) is 3. The number of likely N-dealkylation sites (tertiary alicyclic amines) is 1. The Hall–Kier alpha value is -1.69. The fraction of sp³-hybridized carbons (Fsp3) is 0.550. The molecule has 6 heteroatoms. The molecule has 2 bridgehead atoms. The molecule has 1 heterocycles. The Kier molecular flexibility index (Phi) is 4.41. The van der Waals surface area contributed by atoms with E-state index in [4.69, 9.17) is 0 Å². The number of benzene rings is 1. The SMILES string of the molecule is Cc1cc(NC(=O)CCN2C(=O)[C@@H]3[C@@H]4CC[C@H](C4)[C@@H]3C2=O)cc(C)c1Br. The Morgan fingerprint density at radius 3 is 2.19 bits per heavy atom. The number of nitrogens with one attached hydrogen (secondary N) is 1. The van der Waals surface area contributed by atoms with E-state index in [0.717, 1.165) is 40.5 Å². The van der Waals surface area contributed by atoms with E-state index in [1.165, 1.54) is 4.90 Å². The number of amides is 3. The first kappa shape index (κ1) is 17.7. The smallest absolute Gasteiger partial charge is 0.233 e. The highest BCUT2D eigenvalue weighted by Crippen LogP contribution is 2.56. The maximum absolute atomic E-state index is 12.7. The number of anilines is 1. The lowest BCUT2D eigenvalue weighted by atomic mass is 9.81. The van der Waals surface area contributed by atoms with Crippen LogP contribution in [0.25, 0.3) is 0 Å². The Balaban J connectivity index is 1.38. The molecule has 1 aromatic carbocycles. The summed E-state index contributed by atoms with van der Waals surface area (Å²) in [7, 11) is 0. The average Bonchev–Trinajstić information content (AvgIpc) is 3.26. The summed E-state index contributed by atoms with van der Waals surface area (Å²) in [6.07, 6.45) is 3.31. The molecule has 26 heavy (non-hydrogen) atoms. The largest absolute Gasteiger partial charge is 0.326 e. The molecule has 2 aliphatic carbocycles. The number of hydrogen-bond donors (Lipinski definition) is 1. The first-order valence-electron chi connectivity index (χ1n) is 9.28.